The standard InChI is InChI=1S/C19H27ClN2O4S/c1-2-26-19(23)21-17-12-27(24,25)13-18(17)22-9-7-15(8-10-22)11-14-3-5-16(20)6-4-14/h3-6,15,17-18H,2,7-13H2,1H3,(H,21,23)/t17-,18-/m1/s1. The van der Waals surface area contributed by atoms with Crippen molar-refractivity contribution in [3.63, 3.8) is 0 Å². The first kappa shape index (κ1) is 20.4. The summed E-state index contributed by atoms with van der Waals surface area (Å²) in [6, 6.07) is 7.40. The second kappa shape index (κ2) is 8.80. The summed E-state index contributed by atoms with van der Waals surface area (Å²) in [5.41, 5.74) is 1.28. The van der Waals surface area contributed by atoms with E-state index in [0.29, 0.717) is 5.92 Å². The number of nitrogens with one attached hydrogen (secondary N) is 1. The number of ether oxygens (including phenoxy) is 1. The molecule has 1 N–H and O–H groups in total. The Balaban J connectivity index is 1.56. The van der Waals surface area contributed by atoms with E-state index in [-0.39, 0.29) is 24.2 Å². The second-order valence-corrected chi connectivity index (χ2v) is 10.0. The lowest BCUT2D eigenvalue weighted by atomic mass is 9.89. The molecular weight excluding hydrogens is 388 g/mol. The largest absolute Gasteiger partial charge is 0.450 e. The summed E-state index contributed by atoms with van der Waals surface area (Å²) < 4.78 is 29.2. The maximum absolute atomic E-state index is 12.1. The van der Waals surface area contributed by atoms with Crippen LogP contribution in [0.2, 0.25) is 5.02 Å². The monoisotopic (exact) mass is 414 g/mol. The molecule has 8 heteroatoms. The van der Waals surface area contributed by atoms with Crippen LogP contribution in [0.1, 0.15) is 25.3 Å². The summed E-state index contributed by atoms with van der Waals surface area (Å²) in [5, 5.41) is 3.49. The normalized spacial score (nSPS) is 26.0. The molecule has 0 bridgehead atoms. The first-order valence-corrected chi connectivity index (χ1v) is 11.7. The van der Waals surface area contributed by atoms with E-state index in [1.54, 1.807) is 6.92 Å². The van der Waals surface area contributed by atoms with Gasteiger partial charge in [-0.2, -0.15) is 0 Å². The predicted octanol–water partition coefficient (Wildman–Crippen LogP) is 2.51. The van der Waals surface area contributed by atoms with E-state index in [1.807, 2.05) is 12.1 Å². The molecule has 0 aliphatic carbocycles. The van der Waals surface area contributed by atoms with Gasteiger partial charge in [-0.3, -0.25) is 4.90 Å². The summed E-state index contributed by atoms with van der Waals surface area (Å²) >= 11 is 5.94. The maximum Gasteiger partial charge on any atom is 0.407 e. The highest BCUT2D eigenvalue weighted by molar-refractivity contribution is 7.91. The Labute approximate surface area is 166 Å². The summed E-state index contributed by atoms with van der Waals surface area (Å²) in [4.78, 5) is 14.0. The van der Waals surface area contributed by atoms with Crippen LogP contribution in [0.3, 0.4) is 0 Å². The van der Waals surface area contributed by atoms with Gasteiger partial charge in [0.2, 0.25) is 0 Å². The number of carbonyl (C=O) groups is 1. The van der Waals surface area contributed by atoms with E-state index in [4.69, 9.17) is 16.3 Å². The van der Waals surface area contributed by atoms with Crippen molar-refractivity contribution in [2.75, 3.05) is 31.2 Å². The van der Waals surface area contributed by atoms with E-state index in [2.05, 4.69) is 22.3 Å². The minimum atomic E-state index is -3.15. The highest BCUT2D eigenvalue weighted by atomic mass is 35.5. The van der Waals surface area contributed by atoms with Crippen LogP contribution in [0.15, 0.2) is 24.3 Å². The minimum absolute atomic E-state index is 0.0127. The Morgan fingerprint density at radius 3 is 2.52 bits per heavy atom. The predicted molar refractivity (Wildman–Crippen MR) is 106 cm³/mol. The smallest absolute Gasteiger partial charge is 0.407 e. The molecule has 150 valence electrons. The van der Waals surface area contributed by atoms with Gasteiger partial charge >= 0.3 is 6.09 Å². The highest BCUT2D eigenvalue weighted by Gasteiger charge is 2.42. The first-order chi connectivity index (χ1) is 12.9. The summed E-state index contributed by atoms with van der Waals surface area (Å²) in [7, 11) is -3.15. The van der Waals surface area contributed by atoms with Crippen LogP contribution in [-0.4, -0.2) is 62.7 Å². The van der Waals surface area contributed by atoms with Crippen molar-refractivity contribution in [2.24, 2.45) is 5.92 Å². The van der Waals surface area contributed by atoms with Crippen LogP contribution in [0.25, 0.3) is 0 Å². The third-order valence-electron chi connectivity index (χ3n) is 5.46. The minimum Gasteiger partial charge on any atom is -0.450 e. The van der Waals surface area contributed by atoms with Gasteiger partial charge in [0.25, 0.3) is 0 Å². The van der Waals surface area contributed by atoms with Crippen LogP contribution in [-0.2, 0) is 21.0 Å². The average Bonchev–Trinajstić information content (AvgIpc) is 2.92. The fraction of sp³-hybridized carbons (Fsp3) is 0.632. The third-order valence-corrected chi connectivity index (χ3v) is 7.43. The molecule has 2 atom stereocenters. The molecule has 3 rings (SSSR count). The number of halogens is 1. The molecular formula is C19H27ClN2O4S. The molecule has 1 amide bonds. The molecule has 2 aliphatic rings. The zero-order chi connectivity index (χ0) is 19.4. The van der Waals surface area contributed by atoms with E-state index in [9.17, 15) is 13.2 Å². The molecule has 6 nitrogen and oxygen atoms in total. The number of amides is 1. The van der Waals surface area contributed by atoms with Crippen molar-refractivity contribution in [3.8, 4) is 0 Å². The number of benzene rings is 1. The zero-order valence-electron chi connectivity index (χ0n) is 15.6. The molecule has 0 aromatic heterocycles. The number of carbonyl (C=O) groups excluding carboxylic acids is 1. The molecule has 2 aliphatic heterocycles. The molecule has 27 heavy (non-hydrogen) atoms. The quantitative estimate of drug-likeness (QED) is 0.801. The fourth-order valence-corrected chi connectivity index (χ4v) is 6.17. The molecule has 0 unspecified atom stereocenters. The Hall–Kier alpha value is -1.31. The summed E-state index contributed by atoms with van der Waals surface area (Å²) in [5.74, 6) is 0.671. The van der Waals surface area contributed by atoms with Crippen molar-refractivity contribution in [2.45, 2.75) is 38.3 Å². The highest BCUT2D eigenvalue weighted by Crippen LogP contribution is 2.27. The van der Waals surface area contributed by atoms with Gasteiger partial charge in [0.15, 0.2) is 9.84 Å². The second-order valence-electron chi connectivity index (χ2n) is 7.43. The number of sulfone groups is 1. The zero-order valence-corrected chi connectivity index (χ0v) is 17.1. The van der Waals surface area contributed by atoms with Crippen LogP contribution < -0.4 is 5.32 Å². The Bertz CT molecular complexity index is 745. The van der Waals surface area contributed by atoms with Crippen molar-refractivity contribution >= 4 is 27.5 Å². The molecule has 1 aromatic carbocycles. The molecule has 0 radical (unpaired) electrons. The van der Waals surface area contributed by atoms with E-state index < -0.39 is 22.0 Å². The van der Waals surface area contributed by atoms with Crippen LogP contribution in [0.5, 0.6) is 0 Å². The van der Waals surface area contributed by atoms with Gasteiger partial charge < -0.3 is 10.1 Å². The SMILES string of the molecule is CCOC(=O)N[C@@H]1CS(=O)(=O)C[C@H]1N1CCC(Cc2ccc(Cl)cc2)CC1. The lowest BCUT2D eigenvalue weighted by molar-refractivity contribution is 0.114. The van der Waals surface area contributed by atoms with Gasteiger partial charge in [0.1, 0.15) is 0 Å². The van der Waals surface area contributed by atoms with E-state index in [1.165, 1.54) is 5.56 Å². The van der Waals surface area contributed by atoms with Gasteiger partial charge in [-0.15, -0.1) is 0 Å². The van der Waals surface area contributed by atoms with Crippen molar-refractivity contribution in [1.29, 1.82) is 0 Å². The van der Waals surface area contributed by atoms with Gasteiger partial charge in [-0.05, 0) is 62.9 Å². The van der Waals surface area contributed by atoms with E-state index >= 15 is 0 Å². The third kappa shape index (κ3) is 5.59. The summed E-state index contributed by atoms with van der Waals surface area (Å²) in [6.07, 6.45) is 2.51. The first-order valence-electron chi connectivity index (χ1n) is 9.48. The lowest BCUT2D eigenvalue weighted by Crippen LogP contribution is -2.53. The van der Waals surface area contributed by atoms with Crippen molar-refractivity contribution < 1.29 is 17.9 Å². The average molecular weight is 415 g/mol. The Morgan fingerprint density at radius 2 is 1.89 bits per heavy atom. The molecule has 2 saturated heterocycles. The van der Waals surface area contributed by atoms with Gasteiger partial charge in [0, 0.05) is 11.1 Å². The molecule has 2 fully saturated rings. The maximum atomic E-state index is 12.1. The van der Waals surface area contributed by atoms with Crippen molar-refractivity contribution in [3.05, 3.63) is 34.9 Å². The topological polar surface area (TPSA) is 75.7 Å². The van der Waals surface area contributed by atoms with Crippen LogP contribution in [0.4, 0.5) is 4.79 Å². The molecule has 0 spiro atoms. The van der Waals surface area contributed by atoms with Gasteiger partial charge in [-0.25, -0.2) is 13.2 Å². The lowest BCUT2D eigenvalue weighted by Gasteiger charge is -2.37. The van der Waals surface area contributed by atoms with Crippen molar-refractivity contribution in [1.82, 2.24) is 10.2 Å². The number of piperidine rings is 1. The molecule has 0 saturated carbocycles. The number of likely N-dealkylation sites (tertiary alicyclic amines) is 1. The van der Waals surface area contributed by atoms with Gasteiger partial charge in [0.05, 0.1) is 24.2 Å². The summed E-state index contributed by atoms with van der Waals surface area (Å²) in [6.45, 7) is 3.69. The Kier molecular flexibility index (Phi) is 6.65. The Morgan fingerprint density at radius 1 is 1.22 bits per heavy atom. The number of nitrogens with zero attached hydrogens (tertiary/aromatic N) is 1. The van der Waals surface area contributed by atoms with Gasteiger partial charge in [-0.1, -0.05) is 23.7 Å². The number of rotatable bonds is 5. The fourth-order valence-electron chi connectivity index (χ4n) is 4.09. The molecule has 2 heterocycles. The van der Waals surface area contributed by atoms with E-state index in [0.717, 1.165) is 37.4 Å². The number of hydrogen-bond donors (Lipinski definition) is 1. The molecule has 1 aromatic rings. The van der Waals surface area contributed by atoms with Crippen LogP contribution in [0, 0.1) is 5.92 Å². The van der Waals surface area contributed by atoms with Crippen LogP contribution >= 0.6 is 11.6 Å². The number of hydrogen-bond acceptors (Lipinski definition) is 5. The number of alkyl carbamates (subject to hydrolysis) is 1.